The highest BCUT2D eigenvalue weighted by Crippen LogP contribution is 2.22. The minimum atomic E-state index is 0.0257. The quantitative estimate of drug-likeness (QED) is 0.931. The number of anilines is 2. The Hall–Kier alpha value is -2.29. The fraction of sp³-hybridized carbons (Fsp3) is 0.316. The lowest BCUT2D eigenvalue weighted by Gasteiger charge is -2.17. The van der Waals surface area contributed by atoms with Crippen LogP contribution in [0.3, 0.4) is 0 Å². The number of aryl methyl sites for hydroxylation is 1. The third-order valence-electron chi connectivity index (χ3n) is 4.11. The molecule has 3 nitrogen and oxygen atoms in total. The van der Waals surface area contributed by atoms with Gasteiger partial charge in [0.15, 0.2) is 0 Å². The molecule has 1 amide bonds. The highest BCUT2D eigenvalue weighted by Gasteiger charge is 2.12. The molecule has 1 aliphatic rings. The molecule has 0 aromatic heterocycles. The summed E-state index contributed by atoms with van der Waals surface area (Å²) in [4.78, 5) is 14.5. The van der Waals surface area contributed by atoms with Crippen LogP contribution in [0.1, 0.15) is 24.0 Å². The second kappa shape index (κ2) is 6.65. The first-order valence-corrected chi connectivity index (χ1v) is 7.91. The van der Waals surface area contributed by atoms with E-state index >= 15 is 0 Å². The summed E-state index contributed by atoms with van der Waals surface area (Å²) < 4.78 is 0. The standard InChI is InChI=1S/C19H22N2O/c1-15-4-6-16(7-5-15)14-19(22)20-17-8-10-18(11-9-17)21-12-2-3-13-21/h4-11H,2-3,12-14H2,1H3,(H,20,22). The number of nitrogens with one attached hydrogen (secondary N) is 1. The van der Waals surface area contributed by atoms with E-state index in [9.17, 15) is 4.79 Å². The number of hydrogen-bond donors (Lipinski definition) is 1. The Labute approximate surface area is 132 Å². The lowest BCUT2D eigenvalue weighted by Crippen LogP contribution is -2.18. The number of benzene rings is 2. The van der Waals surface area contributed by atoms with Crippen molar-refractivity contribution in [2.45, 2.75) is 26.2 Å². The van der Waals surface area contributed by atoms with Gasteiger partial charge in [-0.3, -0.25) is 4.79 Å². The van der Waals surface area contributed by atoms with Crippen LogP contribution in [0.4, 0.5) is 11.4 Å². The molecule has 0 unspecified atom stereocenters. The average Bonchev–Trinajstić information content (AvgIpc) is 3.05. The van der Waals surface area contributed by atoms with Gasteiger partial charge in [0, 0.05) is 24.5 Å². The minimum Gasteiger partial charge on any atom is -0.372 e. The topological polar surface area (TPSA) is 32.3 Å². The monoisotopic (exact) mass is 294 g/mol. The number of hydrogen-bond acceptors (Lipinski definition) is 2. The summed E-state index contributed by atoms with van der Waals surface area (Å²) in [5, 5.41) is 2.97. The molecule has 3 heteroatoms. The molecule has 0 saturated carbocycles. The molecule has 0 radical (unpaired) electrons. The summed E-state index contributed by atoms with van der Waals surface area (Å²) in [7, 11) is 0. The van der Waals surface area contributed by atoms with Gasteiger partial charge in [0.1, 0.15) is 0 Å². The van der Waals surface area contributed by atoms with Crippen LogP contribution in [0, 0.1) is 6.92 Å². The van der Waals surface area contributed by atoms with Gasteiger partial charge in [0.2, 0.25) is 5.91 Å². The van der Waals surface area contributed by atoms with Crippen molar-refractivity contribution in [2.75, 3.05) is 23.3 Å². The van der Waals surface area contributed by atoms with Crippen molar-refractivity contribution in [1.82, 2.24) is 0 Å². The molecule has 1 fully saturated rings. The molecule has 3 rings (SSSR count). The molecule has 0 aliphatic carbocycles. The van der Waals surface area contributed by atoms with Gasteiger partial charge in [-0.15, -0.1) is 0 Å². The number of rotatable bonds is 4. The van der Waals surface area contributed by atoms with Gasteiger partial charge < -0.3 is 10.2 Å². The Morgan fingerprint density at radius 3 is 2.27 bits per heavy atom. The molecular weight excluding hydrogens is 272 g/mol. The highest BCUT2D eigenvalue weighted by molar-refractivity contribution is 5.92. The Morgan fingerprint density at radius 1 is 1.00 bits per heavy atom. The predicted molar refractivity (Wildman–Crippen MR) is 91.4 cm³/mol. The summed E-state index contributed by atoms with van der Waals surface area (Å²) >= 11 is 0. The van der Waals surface area contributed by atoms with Crippen LogP contribution in [0.25, 0.3) is 0 Å². The van der Waals surface area contributed by atoms with Crippen molar-refractivity contribution in [3.63, 3.8) is 0 Å². The van der Waals surface area contributed by atoms with Crippen LogP contribution in [0.2, 0.25) is 0 Å². The molecule has 114 valence electrons. The maximum Gasteiger partial charge on any atom is 0.228 e. The number of carbonyl (C=O) groups excluding carboxylic acids is 1. The third-order valence-corrected chi connectivity index (χ3v) is 4.11. The van der Waals surface area contributed by atoms with E-state index in [1.165, 1.54) is 24.1 Å². The van der Waals surface area contributed by atoms with Gasteiger partial charge in [-0.05, 0) is 49.6 Å². The summed E-state index contributed by atoms with van der Waals surface area (Å²) in [6.07, 6.45) is 2.96. The molecular formula is C19H22N2O. The second-order valence-electron chi connectivity index (χ2n) is 5.95. The molecule has 1 aliphatic heterocycles. The molecule has 1 saturated heterocycles. The lowest BCUT2D eigenvalue weighted by molar-refractivity contribution is -0.115. The first kappa shape index (κ1) is 14.6. The van der Waals surface area contributed by atoms with E-state index in [4.69, 9.17) is 0 Å². The van der Waals surface area contributed by atoms with E-state index in [0.29, 0.717) is 6.42 Å². The maximum absolute atomic E-state index is 12.1. The molecule has 2 aromatic carbocycles. The smallest absolute Gasteiger partial charge is 0.228 e. The van der Waals surface area contributed by atoms with Crippen molar-refractivity contribution in [2.24, 2.45) is 0 Å². The maximum atomic E-state index is 12.1. The molecule has 22 heavy (non-hydrogen) atoms. The predicted octanol–water partition coefficient (Wildman–Crippen LogP) is 3.78. The Balaban J connectivity index is 1.57. The van der Waals surface area contributed by atoms with Gasteiger partial charge in [-0.2, -0.15) is 0 Å². The minimum absolute atomic E-state index is 0.0257. The van der Waals surface area contributed by atoms with Gasteiger partial charge in [0.25, 0.3) is 0 Å². The summed E-state index contributed by atoms with van der Waals surface area (Å²) in [5.41, 5.74) is 4.35. The van der Waals surface area contributed by atoms with Crippen molar-refractivity contribution in [3.05, 3.63) is 59.7 Å². The number of nitrogens with zero attached hydrogens (tertiary/aromatic N) is 1. The zero-order valence-electron chi connectivity index (χ0n) is 13.0. The van der Waals surface area contributed by atoms with Crippen molar-refractivity contribution >= 4 is 17.3 Å². The van der Waals surface area contributed by atoms with Gasteiger partial charge in [-0.1, -0.05) is 29.8 Å². The highest BCUT2D eigenvalue weighted by atomic mass is 16.1. The summed E-state index contributed by atoms with van der Waals surface area (Å²) in [6.45, 7) is 4.32. The Kier molecular flexibility index (Phi) is 4.42. The van der Waals surface area contributed by atoms with Crippen LogP contribution in [-0.2, 0) is 11.2 Å². The van der Waals surface area contributed by atoms with E-state index in [1.54, 1.807) is 0 Å². The Bertz CT molecular complexity index is 625. The largest absolute Gasteiger partial charge is 0.372 e. The van der Waals surface area contributed by atoms with Gasteiger partial charge >= 0.3 is 0 Å². The van der Waals surface area contributed by atoms with Crippen LogP contribution in [0.15, 0.2) is 48.5 Å². The van der Waals surface area contributed by atoms with Crippen LogP contribution in [0.5, 0.6) is 0 Å². The number of amides is 1. The van der Waals surface area contributed by atoms with Crippen molar-refractivity contribution in [1.29, 1.82) is 0 Å². The zero-order chi connectivity index (χ0) is 15.4. The Morgan fingerprint density at radius 2 is 1.64 bits per heavy atom. The second-order valence-corrected chi connectivity index (χ2v) is 5.95. The number of carbonyl (C=O) groups is 1. The van der Waals surface area contributed by atoms with Gasteiger partial charge in [0.05, 0.1) is 6.42 Å². The molecule has 0 spiro atoms. The van der Waals surface area contributed by atoms with Crippen LogP contribution < -0.4 is 10.2 Å². The fourth-order valence-corrected chi connectivity index (χ4v) is 2.83. The first-order chi connectivity index (χ1) is 10.7. The molecule has 1 heterocycles. The fourth-order valence-electron chi connectivity index (χ4n) is 2.83. The van der Waals surface area contributed by atoms with Gasteiger partial charge in [-0.25, -0.2) is 0 Å². The zero-order valence-corrected chi connectivity index (χ0v) is 13.0. The van der Waals surface area contributed by atoms with E-state index in [2.05, 4.69) is 22.3 Å². The molecule has 1 N–H and O–H groups in total. The summed E-state index contributed by atoms with van der Waals surface area (Å²) in [5.74, 6) is 0.0257. The van der Waals surface area contributed by atoms with Crippen LogP contribution in [-0.4, -0.2) is 19.0 Å². The van der Waals surface area contributed by atoms with Crippen LogP contribution >= 0.6 is 0 Å². The SMILES string of the molecule is Cc1ccc(CC(=O)Nc2ccc(N3CCCC3)cc2)cc1. The van der Waals surface area contributed by atoms with Crippen molar-refractivity contribution < 1.29 is 4.79 Å². The van der Waals surface area contributed by atoms with E-state index in [-0.39, 0.29) is 5.91 Å². The lowest BCUT2D eigenvalue weighted by atomic mass is 10.1. The first-order valence-electron chi connectivity index (χ1n) is 7.91. The van der Waals surface area contributed by atoms with E-state index in [1.807, 2.05) is 43.3 Å². The van der Waals surface area contributed by atoms with E-state index in [0.717, 1.165) is 24.3 Å². The normalized spacial score (nSPS) is 14.1. The van der Waals surface area contributed by atoms with E-state index < -0.39 is 0 Å². The molecule has 2 aromatic rings. The van der Waals surface area contributed by atoms with Crippen molar-refractivity contribution in [3.8, 4) is 0 Å². The summed E-state index contributed by atoms with van der Waals surface area (Å²) in [6, 6.07) is 16.2. The average molecular weight is 294 g/mol. The molecule has 0 bridgehead atoms. The molecule has 0 atom stereocenters. The third kappa shape index (κ3) is 3.67.